The largest absolute Gasteiger partial charge is 0.311 e. The fourth-order valence-corrected chi connectivity index (χ4v) is 3.14. The van der Waals surface area contributed by atoms with E-state index < -0.39 is 0 Å². The zero-order valence-electron chi connectivity index (χ0n) is 8.31. The molecule has 0 fully saturated rings. The van der Waals surface area contributed by atoms with Gasteiger partial charge in [-0.25, -0.2) is 0 Å². The maximum atomic E-state index is 3.48. The van der Waals surface area contributed by atoms with Gasteiger partial charge in [-0.1, -0.05) is 0 Å². The van der Waals surface area contributed by atoms with Crippen molar-refractivity contribution in [3.8, 4) is 0 Å². The molecule has 0 saturated carbocycles. The van der Waals surface area contributed by atoms with Crippen molar-refractivity contribution < 1.29 is 0 Å². The van der Waals surface area contributed by atoms with E-state index >= 15 is 0 Å². The van der Waals surface area contributed by atoms with Crippen LogP contribution in [0.25, 0.3) is 0 Å². The first kappa shape index (κ1) is 12.6. The predicted molar refractivity (Wildman–Crippen MR) is 70.0 cm³/mol. The predicted octanol–water partition coefficient (Wildman–Crippen LogP) is 2.92. The van der Waals surface area contributed by atoms with Crippen molar-refractivity contribution in [2.75, 3.05) is 27.2 Å². The van der Waals surface area contributed by atoms with Crippen molar-refractivity contribution >= 4 is 43.2 Å². The molecule has 1 heterocycles. The topological polar surface area (TPSA) is 15.3 Å². The minimum atomic E-state index is 0.947. The highest BCUT2D eigenvalue weighted by molar-refractivity contribution is 9.13. The summed E-state index contributed by atoms with van der Waals surface area (Å²) in [4.78, 5) is 3.52. The van der Waals surface area contributed by atoms with Gasteiger partial charge >= 0.3 is 0 Å². The number of nitrogens with zero attached hydrogens (tertiary/aromatic N) is 1. The Labute approximate surface area is 106 Å². The maximum Gasteiger partial charge on any atom is 0.0843 e. The van der Waals surface area contributed by atoms with E-state index in [1.807, 2.05) is 0 Å². The molecular formula is C9H14Br2N2S. The molecule has 0 bridgehead atoms. The number of nitrogens with one attached hydrogen (secondary N) is 1. The molecule has 0 saturated heterocycles. The Morgan fingerprint density at radius 3 is 2.64 bits per heavy atom. The van der Waals surface area contributed by atoms with Gasteiger partial charge in [-0.3, -0.25) is 0 Å². The van der Waals surface area contributed by atoms with Crippen LogP contribution < -0.4 is 5.32 Å². The number of halogens is 2. The van der Waals surface area contributed by atoms with Crippen LogP contribution in [0.15, 0.2) is 14.3 Å². The number of hydrogen-bond acceptors (Lipinski definition) is 3. The van der Waals surface area contributed by atoms with Crippen LogP contribution in [0.4, 0.5) is 0 Å². The molecule has 0 aliphatic rings. The van der Waals surface area contributed by atoms with E-state index in [2.05, 4.69) is 62.2 Å². The van der Waals surface area contributed by atoms with Gasteiger partial charge in [0.05, 0.1) is 3.79 Å². The van der Waals surface area contributed by atoms with Crippen LogP contribution in [0.1, 0.15) is 4.88 Å². The fourth-order valence-electron chi connectivity index (χ4n) is 0.993. The monoisotopic (exact) mass is 340 g/mol. The van der Waals surface area contributed by atoms with Crippen molar-refractivity contribution in [1.82, 2.24) is 10.2 Å². The van der Waals surface area contributed by atoms with Gasteiger partial charge in [0.15, 0.2) is 0 Å². The van der Waals surface area contributed by atoms with Gasteiger partial charge in [-0.15, -0.1) is 11.3 Å². The van der Waals surface area contributed by atoms with Gasteiger partial charge in [0.2, 0.25) is 0 Å². The van der Waals surface area contributed by atoms with Gasteiger partial charge < -0.3 is 10.2 Å². The van der Waals surface area contributed by atoms with Gasteiger partial charge in [0.25, 0.3) is 0 Å². The Kier molecular flexibility index (Phi) is 5.62. The van der Waals surface area contributed by atoms with E-state index in [0.29, 0.717) is 0 Å². The zero-order valence-corrected chi connectivity index (χ0v) is 12.3. The van der Waals surface area contributed by atoms with Crippen LogP contribution in [0.3, 0.4) is 0 Å². The van der Waals surface area contributed by atoms with Crippen molar-refractivity contribution in [2.45, 2.75) is 6.54 Å². The molecule has 0 radical (unpaired) electrons. The Balaban J connectivity index is 2.25. The molecule has 0 unspecified atom stereocenters. The van der Waals surface area contributed by atoms with E-state index in [-0.39, 0.29) is 0 Å². The standard InChI is InChI=1S/C9H14Br2N2S/c1-13(2)4-3-12-6-7-5-8(10)9(11)14-7/h5,12H,3-4,6H2,1-2H3. The van der Waals surface area contributed by atoms with Crippen LogP contribution in [0, 0.1) is 0 Å². The number of thiophene rings is 1. The zero-order chi connectivity index (χ0) is 10.6. The molecule has 0 aliphatic heterocycles. The summed E-state index contributed by atoms with van der Waals surface area (Å²) in [6.45, 7) is 3.05. The van der Waals surface area contributed by atoms with E-state index in [1.54, 1.807) is 11.3 Å². The van der Waals surface area contributed by atoms with E-state index in [1.165, 1.54) is 8.66 Å². The Hall–Kier alpha value is 0.580. The van der Waals surface area contributed by atoms with Crippen molar-refractivity contribution in [1.29, 1.82) is 0 Å². The average Bonchev–Trinajstić information content (AvgIpc) is 2.40. The Morgan fingerprint density at radius 1 is 1.43 bits per heavy atom. The molecule has 0 amide bonds. The second-order valence-corrected chi connectivity index (χ2v) is 6.62. The summed E-state index contributed by atoms with van der Waals surface area (Å²) in [5.41, 5.74) is 0. The molecule has 5 heteroatoms. The van der Waals surface area contributed by atoms with Crippen LogP contribution in [-0.4, -0.2) is 32.1 Å². The molecule has 1 aromatic rings. The van der Waals surface area contributed by atoms with Crippen LogP contribution >= 0.6 is 43.2 Å². The lowest BCUT2D eigenvalue weighted by molar-refractivity contribution is 0.400. The minimum Gasteiger partial charge on any atom is -0.311 e. The van der Waals surface area contributed by atoms with E-state index in [9.17, 15) is 0 Å². The first-order valence-corrected chi connectivity index (χ1v) is 6.79. The molecule has 80 valence electrons. The van der Waals surface area contributed by atoms with Gasteiger partial charge in [0, 0.05) is 29.0 Å². The summed E-state index contributed by atoms with van der Waals surface area (Å²) in [5.74, 6) is 0. The highest BCUT2D eigenvalue weighted by Gasteiger charge is 2.03. The molecule has 0 atom stereocenters. The van der Waals surface area contributed by atoms with Crippen molar-refractivity contribution in [3.63, 3.8) is 0 Å². The van der Waals surface area contributed by atoms with Crippen molar-refractivity contribution in [2.24, 2.45) is 0 Å². The maximum absolute atomic E-state index is 3.48. The van der Waals surface area contributed by atoms with Gasteiger partial charge in [0.1, 0.15) is 0 Å². The third-order valence-electron chi connectivity index (χ3n) is 1.73. The molecule has 0 aromatic carbocycles. The van der Waals surface area contributed by atoms with Crippen LogP contribution in [0.5, 0.6) is 0 Å². The smallest absolute Gasteiger partial charge is 0.0843 e. The minimum absolute atomic E-state index is 0.947. The first-order chi connectivity index (χ1) is 6.59. The second-order valence-electron chi connectivity index (χ2n) is 3.31. The van der Waals surface area contributed by atoms with Crippen molar-refractivity contribution in [3.05, 3.63) is 19.2 Å². The van der Waals surface area contributed by atoms with Crippen LogP contribution in [-0.2, 0) is 6.54 Å². The lowest BCUT2D eigenvalue weighted by Crippen LogP contribution is -2.25. The summed E-state index contributed by atoms with van der Waals surface area (Å²) in [5, 5.41) is 3.40. The van der Waals surface area contributed by atoms with Crippen LogP contribution in [0.2, 0.25) is 0 Å². The lowest BCUT2D eigenvalue weighted by Gasteiger charge is -2.09. The molecule has 1 rings (SSSR count). The summed E-state index contributed by atoms with van der Waals surface area (Å²) < 4.78 is 2.31. The summed E-state index contributed by atoms with van der Waals surface area (Å²) in [6, 6.07) is 2.15. The summed E-state index contributed by atoms with van der Waals surface area (Å²) in [7, 11) is 4.17. The molecule has 0 spiro atoms. The Morgan fingerprint density at radius 2 is 2.14 bits per heavy atom. The number of likely N-dealkylation sites (N-methyl/N-ethyl adjacent to an activating group) is 1. The average molecular weight is 342 g/mol. The molecular weight excluding hydrogens is 328 g/mol. The first-order valence-electron chi connectivity index (χ1n) is 4.38. The van der Waals surface area contributed by atoms with Gasteiger partial charge in [-0.05, 0) is 52.0 Å². The Bertz CT molecular complexity index is 267. The number of hydrogen-bond donors (Lipinski definition) is 1. The third-order valence-corrected chi connectivity index (χ3v) is 4.99. The third kappa shape index (κ3) is 4.40. The SMILES string of the molecule is CN(C)CCNCc1cc(Br)c(Br)s1. The lowest BCUT2D eigenvalue weighted by atomic mass is 10.4. The highest BCUT2D eigenvalue weighted by Crippen LogP contribution is 2.32. The second kappa shape index (κ2) is 6.23. The van der Waals surface area contributed by atoms with E-state index in [4.69, 9.17) is 0 Å². The molecule has 1 N–H and O–H groups in total. The number of rotatable bonds is 5. The highest BCUT2D eigenvalue weighted by atomic mass is 79.9. The molecule has 1 aromatic heterocycles. The summed E-state index contributed by atoms with van der Waals surface area (Å²) in [6.07, 6.45) is 0. The molecule has 14 heavy (non-hydrogen) atoms. The fraction of sp³-hybridized carbons (Fsp3) is 0.556. The normalized spacial score (nSPS) is 11.2. The molecule has 0 aliphatic carbocycles. The van der Waals surface area contributed by atoms with Gasteiger partial charge in [-0.2, -0.15) is 0 Å². The molecule has 2 nitrogen and oxygen atoms in total. The quantitative estimate of drug-likeness (QED) is 0.828. The summed E-state index contributed by atoms with van der Waals surface area (Å²) >= 11 is 8.73. The van der Waals surface area contributed by atoms with E-state index in [0.717, 1.165) is 24.1 Å².